The van der Waals surface area contributed by atoms with E-state index >= 15 is 0 Å². The molecule has 4 heterocycles. The molecule has 4 fully saturated rings. The van der Waals surface area contributed by atoms with Gasteiger partial charge in [-0.1, -0.05) is 89.9 Å². The van der Waals surface area contributed by atoms with E-state index in [0.717, 1.165) is 50.2 Å². The Morgan fingerprint density at radius 2 is 0.979 bits per heavy atom. The van der Waals surface area contributed by atoms with Gasteiger partial charge in [-0.05, 0) is 0 Å². The molecule has 6 unspecified atom stereocenters. The molecule has 0 aromatic rings. The molecule has 4 aliphatic heterocycles. The summed E-state index contributed by atoms with van der Waals surface area (Å²) in [6, 6.07) is 1.68. The van der Waals surface area contributed by atoms with Crippen molar-refractivity contribution < 1.29 is 54.1 Å². The van der Waals surface area contributed by atoms with Crippen LogP contribution >= 0.6 is 7.81 Å². The van der Waals surface area contributed by atoms with Crippen molar-refractivity contribution in [3.63, 3.8) is 0 Å². The van der Waals surface area contributed by atoms with E-state index in [1.54, 1.807) is 12.2 Å². The summed E-state index contributed by atoms with van der Waals surface area (Å²) in [5.41, 5.74) is 7.96. The first-order valence-corrected chi connectivity index (χ1v) is 18.5. The average Bonchev–Trinajstić information content (AvgIpc) is 3.03. The molecule has 1 radical (unpaired) electrons. The van der Waals surface area contributed by atoms with E-state index < -0.39 is 7.81 Å². The van der Waals surface area contributed by atoms with Crippen molar-refractivity contribution in [2.75, 3.05) is 26.2 Å². The minimum Gasteiger partial charge on any atom is 0 e. The Morgan fingerprint density at radius 3 is 1.23 bits per heavy atom. The van der Waals surface area contributed by atoms with E-state index in [1.165, 1.54) is 75.7 Å². The van der Waals surface area contributed by atoms with E-state index in [0.29, 0.717) is 23.9 Å². The second-order valence-electron chi connectivity index (χ2n) is 12.9. The zero-order valence-corrected chi connectivity index (χ0v) is 30.7. The van der Waals surface area contributed by atoms with Crippen molar-refractivity contribution >= 4 is 7.81 Å². The van der Waals surface area contributed by atoms with Gasteiger partial charge in [0.1, 0.15) is 0 Å². The number of nitrogens with zero attached hydrogens (tertiary/aromatic N) is 4. The van der Waals surface area contributed by atoms with Crippen LogP contribution in [0.3, 0.4) is 0 Å². The quantitative estimate of drug-likeness (QED) is 0.117. The van der Waals surface area contributed by atoms with Crippen molar-refractivity contribution in [1.29, 1.82) is 0 Å². The second-order valence-corrected chi connectivity index (χ2v) is 14.9. The van der Waals surface area contributed by atoms with Crippen LogP contribution in [0.15, 0.2) is 59.1 Å². The molecule has 0 amide bonds. The zero-order chi connectivity index (χ0) is 34.6. The molecule has 6 aliphatic rings. The summed E-state index contributed by atoms with van der Waals surface area (Å²) in [6.45, 7) is 8.47. The molecule has 4 nitrogen and oxygen atoms in total. The second kappa shape index (κ2) is 18.7. The maximum absolute atomic E-state index is 12.7. The van der Waals surface area contributed by atoms with Gasteiger partial charge in [0.15, 0.2) is 0 Å². The molecule has 0 spiro atoms. The van der Waals surface area contributed by atoms with E-state index in [9.17, 15) is 34.0 Å². The molecule has 4 saturated heterocycles. The Kier molecular flexibility index (Phi) is 16.7. The van der Waals surface area contributed by atoms with E-state index in [4.69, 9.17) is 0 Å². The fourth-order valence-electron chi connectivity index (χ4n) is 5.88. The topological polar surface area (TPSA) is 56.4 Å². The third-order valence-corrected chi connectivity index (χ3v) is 8.44. The first kappa shape index (κ1) is 42.8. The van der Waals surface area contributed by atoms with Gasteiger partial charge >= 0.3 is 33.0 Å². The normalized spacial score (nSPS) is 31.5. The van der Waals surface area contributed by atoms with Gasteiger partial charge < -0.3 is 21.3 Å². The smallest absolute Gasteiger partial charge is 0 e. The van der Waals surface area contributed by atoms with Gasteiger partial charge in [-0.3, -0.25) is 20.2 Å². The first-order chi connectivity index (χ1) is 21.9. The molecular formula is C34H46F8IrN4P-7. The number of hydrogen-bond acceptors (Lipinski definition) is 0. The van der Waals surface area contributed by atoms with Gasteiger partial charge in [-0.15, -0.1) is 73.7 Å². The van der Waals surface area contributed by atoms with Gasteiger partial charge in [0.05, 0.1) is 0 Å². The summed E-state index contributed by atoms with van der Waals surface area (Å²) in [7, 11) is -10.7. The van der Waals surface area contributed by atoms with Gasteiger partial charge in [0.2, 0.25) is 0 Å². The Hall–Kier alpha value is -1.38. The molecule has 6 rings (SSSR count). The molecule has 0 N–H and O–H groups in total. The molecule has 48 heavy (non-hydrogen) atoms. The summed E-state index contributed by atoms with van der Waals surface area (Å²) in [6.07, 6.45) is 21.4. The minimum absolute atomic E-state index is 0. The van der Waals surface area contributed by atoms with E-state index in [1.807, 2.05) is 0 Å². The average molecular weight is 886 g/mol. The fraction of sp³-hybridized carbons (Fsp3) is 0.647. The van der Waals surface area contributed by atoms with Crippen LogP contribution in [-0.2, 0) is 20.1 Å². The van der Waals surface area contributed by atoms with Crippen molar-refractivity contribution in [3.05, 3.63) is 92.7 Å². The number of halogens is 8. The van der Waals surface area contributed by atoms with Crippen LogP contribution in [0, 0.1) is 24.2 Å². The Morgan fingerprint density at radius 1 is 0.604 bits per heavy atom. The SMILES string of the molecule is C1CCC(C2CCCC[N-]2)[N-]C1.CC1CCC(C2=C=C[C-](F)C=C2)[N-]C1.CC1CCC(C2=C=C[C-](F)C=C2)[N-]C1.F[P-](F)(F)(F)(F)F.[Ir]. The molecule has 2 aliphatic carbocycles. The minimum atomic E-state index is -10.7. The molecule has 0 saturated carbocycles. The molecule has 0 aromatic carbocycles. The van der Waals surface area contributed by atoms with Crippen LogP contribution in [-0.4, -0.2) is 50.3 Å². The predicted octanol–water partition coefficient (Wildman–Crippen LogP) is 12.8. The molecule has 0 aromatic heterocycles. The summed E-state index contributed by atoms with van der Waals surface area (Å²) in [5, 5.41) is 18.4. The summed E-state index contributed by atoms with van der Waals surface area (Å²) in [4.78, 5) is 0. The van der Waals surface area contributed by atoms with E-state index in [-0.39, 0.29) is 44.5 Å². The van der Waals surface area contributed by atoms with Gasteiger partial charge in [-0.2, -0.15) is 24.2 Å². The van der Waals surface area contributed by atoms with Crippen molar-refractivity contribution in [2.45, 2.75) is 102 Å². The van der Waals surface area contributed by atoms with Crippen molar-refractivity contribution in [1.82, 2.24) is 0 Å². The zero-order valence-electron chi connectivity index (χ0n) is 27.4. The predicted molar refractivity (Wildman–Crippen MR) is 176 cm³/mol. The van der Waals surface area contributed by atoms with Crippen LogP contribution in [0.2, 0.25) is 0 Å². The van der Waals surface area contributed by atoms with Crippen molar-refractivity contribution in [3.8, 4) is 0 Å². The molecule has 14 heteroatoms. The number of piperidine rings is 4. The largest absolute Gasteiger partial charge is 0 e. The first-order valence-electron chi connectivity index (χ1n) is 16.5. The monoisotopic (exact) mass is 886 g/mol. The number of hydrogen-bond donors (Lipinski definition) is 0. The van der Waals surface area contributed by atoms with Gasteiger partial charge in [-0.25, -0.2) is 0 Å². The Bertz CT molecular complexity index is 1080. The third-order valence-electron chi connectivity index (χ3n) is 8.44. The summed E-state index contributed by atoms with van der Waals surface area (Å²) < 4.78 is 84.5. The fourth-order valence-corrected chi connectivity index (χ4v) is 5.88. The Labute approximate surface area is 294 Å². The molecule has 279 valence electrons. The van der Waals surface area contributed by atoms with Crippen LogP contribution in [0.25, 0.3) is 21.3 Å². The molecule has 6 atom stereocenters. The standard InChI is InChI=1S/2C12H14FN.C10H18N2.F6P.Ir/c2*1-9-2-7-12(14-8-9)10-3-5-11(13)6-4-10;1-3-7-11-9(5-1)10-6-2-4-8-12-10;1-7(2,3,4,5)6;/h2*3,5-6,9,12H,2,7-8H2,1H3;9-10H,1-8H2;;/q3*-2;-1;. The summed E-state index contributed by atoms with van der Waals surface area (Å²) >= 11 is 0. The summed E-state index contributed by atoms with van der Waals surface area (Å²) in [5.74, 6) is 1.40. The van der Waals surface area contributed by atoms with Crippen LogP contribution < -0.4 is 0 Å². The van der Waals surface area contributed by atoms with Crippen LogP contribution in [0.4, 0.5) is 34.0 Å². The molecular weight excluding hydrogens is 840 g/mol. The number of allylic oxidation sites excluding steroid dienone is 2. The van der Waals surface area contributed by atoms with Gasteiger partial charge in [0, 0.05) is 32.4 Å². The van der Waals surface area contributed by atoms with Crippen LogP contribution in [0.5, 0.6) is 0 Å². The maximum Gasteiger partial charge on any atom is 0 e. The molecule has 0 bridgehead atoms. The maximum atomic E-state index is 12.7. The van der Waals surface area contributed by atoms with E-state index in [2.05, 4.69) is 46.6 Å². The Balaban J connectivity index is 0.000000227. The van der Waals surface area contributed by atoms with Crippen LogP contribution in [0.1, 0.15) is 78.1 Å². The van der Waals surface area contributed by atoms with Crippen molar-refractivity contribution in [2.24, 2.45) is 11.8 Å². The number of rotatable bonds is 3. The van der Waals surface area contributed by atoms with Gasteiger partial charge in [0.25, 0.3) is 0 Å². The third kappa shape index (κ3) is 19.1.